The third kappa shape index (κ3) is 6.79. The normalized spacial score (nSPS) is 17.3. The minimum atomic E-state index is -0.482. The van der Waals surface area contributed by atoms with Crippen LogP contribution in [0.1, 0.15) is 33.6 Å². The number of methoxy groups -OCH3 is 1. The van der Waals surface area contributed by atoms with Crippen LogP contribution >= 0.6 is 0 Å². The Labute approximate surface area is 125 Å². The Morgan fingerprint density at radius 2 is 1.86 bits per heavy atom. The van der Waals surface area contributed by atoms with Gasteiger partial charge in [-0.25, -0.2) is 4.79 Å². The van der Waals surface area contributed by atoms with Crippen molar-refractivity contribution in [2.75, 3.05) is 7.11 Å². The summed E-state index contributed by atoms with van der Waals surface area (Å²) in [4.78, 5) is 22.2. The topological polar surface area (TPSA) is 64.6 Å². The van der Waals surface area contributed by atoms with E-state index in [-0.39, 0.29) is 11.9 Å². The second-order valence-corrected chi connectivity index (χ2v) is 5.71. The summed E-state index contributed by atoms with van der Waals surface area (Å²) >= 11 is 0. The van der Waals surface area contributed by atoms with Crippen molar-refractivity contribution < 1.29 is 19.1 Å². The molecular weight excluding hydrogens is 270 g/mol. The minimum Gasteiger partial charge on any atom is -0.497 e. The summed E-state index contributed by atoms with van der Waals surface area (Å²) < 4.78 is 10.0. The fourth-order valence-electron chi connectivity index (χ4n) is 1.72. The van der Waals surface area contributed by atoms with Crippen LogP contribution < -0.4 is 10.1 Å². The highest BCUT2D eigenvalue weighted by molar-refractivity contribution is 5.88. The Bertz CT molecular complexity index is 465. The van der Waals surface area contributed by atoms with Crippen LogP contribution in [0.15, 0.2) is 30.3 Å². The lowest BCUT2D eigenvalue weighted by Crippen LogP contribution is -2.38. The maximum Gasteiger partial charge on any atom is 0.329 e. The van der Waals surface area contributed by atoms with Gasteiger partial charge >= 0.3 is 5.97 Å². The Morgan fingerprint density at radius 1 is 1.24 bits per heavy atom. The molecule has 1 N–H and O–H groups in total. The molecule has 1 aromatic carbocycles. The van der Waals surface area contributed by atoms with Crippen LogP contribution in [0.4, 0.5) is 0 Å². The van der Waals surface area contributed by atoms with E-state index in [1.165, 1.54) is 0 Å². The Balaban J connectivity index is 0.000000235. The van der Waals surface area contributed by atoms with E-state index in [0.717, 1.165) is 5.75 Å². The number of hydrogen-bond donors (Lipinski definition) is 1. The molecule has 0 spiro atoms. The molecule has 21 heavy (non-hydrogen) atoms. The van der Waals surface area contributed by atoms with Crippen molar-refractivity contribution in [2.45, 2.75) is 45.3 Å². The first-order chi connectivity index (χ1) is 9.81. The molecule has 0 bridgehead atoms. The van der Waals surface area contributed by atoms with Crippen LogP contribution in [0.2, 0.25) is 0 Å². The Hall–Kier alpha value is -2.04. The third-order valence-corrected chi connectivity index (χ3v) is 2.67. The van der Waals surface area contributed by atoms with Crippen LogP contribution in [0, 0.1) is 0 Å². The van der Waals surface area contributed by atoms with Crippen molar-refractivity contribution in [3.63, 3.8) is 0 Å². The van der Waals surface area contributed by atoms with Crippen molar-refractivity contribution in [1.82, 2.24) is 5.32 Å². The standard InChI is InChI=1S/C9H15NO3.C7H8O/c1-9(2,3)13-8(12)6-4-5-7(11)10-6;1-8-7-5-3-2-4-6-7/h6H,4-5H2,1-3H3,(H,10,11);2-6H,1H3. The number of hydrogen-bond acceptors (Lipinski definition) is 4. The van der Waals surface area contributed by atoms with Gasteiger partial charge in [0.1, 0.15) is 17.4 Å². The maximum atomic E-state index is 11.4. The molecule has 5 heteroatoms. The highest BCUT2D eigenvalue weighted by Crippen LogP contribution is 2.13. The lowest BCUT2D eigenvalue weighted by atomic mass is 10.2. The molecule has 116 valence electrons. The molecule has 1 fully saturated rings. The van der Waals surface area contributed by atoms with E-state index in [1.54, 1.807) is 7.11 Å². The van der Waals surface area contributed by atoms with Crippen LogP contribution in [0.3, 0.4) is 0 Å². The van der Waals surface area contributed by atoms with Gasteiger partial charge in [0.2, 0.25) is 5.91 Å². The van der Waals surface area contributed by atoms with Gasteiger partial charge in [0.25, 0.3) is 0 Å². The van der Waals surface area contributed by atoms with Crippen LogP contribution in [0.5, 0.6) is 5.75 Å². The van der Waals surface area contributed by atoms with Gasteiger partial charge in [-0.3, -0.25) is 4.79 Å². The molecule has 1 aliphatic rings. The molecule has 0 aliphatic carbocycles. The summed E-state index contributed by atoms with van der Waals surface area (Å²) in [7, 11) is 1.66. The fraction of sp³-hybridized carbons (Fsp3) is 0.500. The lowest BCUT2D eigenvalue weighted by Gasteiger charge is -2.21. The van der Waals surface area contributed by atoms with E-state index in [2.05, 4.69) is 5.32 Å². The molecule has 1 unspecified atom stereocenters. The van der Waals surface area contributed by atoms with Crippen molar-refractivity contribution in [2.24, 2.45) is 0 Å². The zero-order valence-corrected chi connectivity index (χ0v) is 13.0. The molecule has 2 rings (SSSR count). The van der Waals surface area contributed by atoms with Gasteiger partial charge in [-0.2, -0.15) is 0 Å². The summed E-state index contributed by atoms with van der Waals surface area (Å²) in [6, 6.07) is 9.24. The number of para-hydroxylation sites is 1. The van der Waals surface area contributed by atoms with Gasteiger partial charge < -0.3 is 14.8 Å². The van der Waals surface area contributed by atoms with Crippen molar-refractivity contribution >= 4 is 11.9 Å². The molecular formula is C16H23NO4. The molecule has 0 saturated carbocycles. The summed E-state index contributed by atoms with van der Waals surface area (Å²) in [5, 5.41) is 2.56. The zero-order chi connectivity index (χ0) is 15.9. The van der Waals surface area contributed by atoms with Gasteiger partial charge in [0, 0.05) is 6.42 Å². The van der Waals surface area contributed by atoms with Crippen LogP contribution in [-0.4, -0.2) is 30.6 Å². The second kappa shape index (κ2) is 7.67. The van der Waals surface area contributed by atoms with Crippen molar-refractivity contribution in [3.05, 3.63) is 30.3 Å². The highest BCUT2D eigenvalue weighted by atomic mass is 16.6. The SMILES string of the molecule is CC(C)(C)OC(=O)C1CCC(=O)N1.COc1ccccc1. The Kier molecular flexibility index (Phi) is 6.21. The fourth-order valence-corrected chi connectivity index (χ4v) is 1.72. The van der Waals surface area contributed by atoms with E-state index < -0.39 is 11.6 Å². The number of nitrogens with one attached hydrogen (secondary N) is 1. The molecule has 1 amide bonds. The number of esters is 1. The summed E-state index contributed by atoms with van der Waals surface area (Å²) in [5.41, 5.74) is -0.482. The molecule has 1 atom stereocenters. The molecule has 1 aromatic rings. The summed E-state index contributed by atoms with van der Waals surface area (Å²) in [5.74, 6) is 0.502. The maximum absolute atomic E-state index is 11.4. The molecule has 1 saturated heterocycles. The van der Waals surface area contributed by atoms with Crippen LogP contribution in [0.25, 0.3) is 0 Å². The number of rotatable bonds is 2. The van der Waals surface area contributed by atoms with Crippen LogP contribution in [-0.2, 0) is 14.3 Å². The predicted octanol–water partition coefficient (Wildman–Crippen LogP) is 2.30. The zero-order valence-electron chi connectivity index (χ0n) is 13.0. The van der Waals surface area contributed by atoms with Gasteiger partial charge in [-0.15, -0.1) is 0 Å². The van der Waals surface area contributed by atoms with E-state index in [9.17, 15) is 9.59 Å². The lowest BCUT2D eigenvalue weighted by molar-refractivity contribution is -0.157. The summed E-state index contributed by atoms with van der Waals surface area (Å²) in [6.45, 7) is 5.42. The van der Waals surface area contributed by atoms with E-state index in [1.807, 2.05) is 51.1 Å². The predicted molar refractivity (Wildman–Crippen MR) is 80.0 cm³/mol. The van der Waals surface area contributed by atoms with Crippen molar-refractivity contribution in [3.8, 4) is 5.75 Å². The number of carbonyl (C=O) groups is 2. The quantitative estimate of drug-likeness (QED) is 0.850. The van der Waals surface area contributed by atoms with Crippen molar-refractivity contribution in [1.29, 1.82) is 0 Å². The first-order valence-electron chi connectivity index (χ1n) is 6.93. The van der Waals surface area contributed by atoms with Gasteiger partial charge in [-0.05, 0) is 39.3 Å². The van der Waals surface area contributed by atoms with E-state index in [0.29, 0.717) is 12.8 Å². The Morgan fingerprint density at radius 3 is 2.24 bits per heavy atom. The minimum absolute atomic E-state index is 0.0733. The first-order valence-corrected chi connectivity index (χ1v) is 6.93. The van der Waals surface area contributed by atoms with Gasteiger partial charge in [0.15, 0.2) is 0 Å². The molecule has 0 radical (unpaired) electrons. The number of ether oxygens (including phenoxy) is 2. The average Bonchev–Trinajstić information content (AvgIpc) is 2.85. The van der Waals surface area contributed by atoms with E-state index >= 15 is 0 Å². The molecule has 1 aliphatic heterocycles. The van der Waals surface area contributed by atoms with Gasteiger partial charge in [0.05, 0.1) is 7.11 Å². The number of carbonyl (C=O) groups excluding carboxylic acids is 2. The molecule has 0 aromatic heterocycles. The smallest absolute Gasteiger partial charge is 0.329 e. The summed E-state index contributed by atoms with van der Waals surface area (Å²) in [6.07, 6.45) is 0.970. The first kappa shape index (κ1) is 17.0. The third-order valence-electron chi connectivity index (χ3n) is 2.67. The molecule has 5 nitrogen and oxygen atoms in total. The number of benzene rings is 1. The van der Waals surface area contributed by atoms with Gasteiger partial charge in [-0.1, -0.05) is 18.2 Å². The second-order valence-electron chi connectivity index (χ2n) is 5.71. The number of amides is 1. The molecule has 1 heterocycles. The average molecular weight is 293 g/mol. The largest absolute Gasteiger partial charge is 0.497 e. The van der Waals surface area contributed by atoms with E-state index in [4.69, 9.17) is 9.47 Å². The monoisotopic (exact) mass is 293 g/mol. The highest BCUT2D eigenvalue weighted by Gasteiger charge is 2.30.